The van der Waals surface area contributed by atoms with Crippen molar-refractivity contribution in [2.45, 2.75) is 6.42 Å². The molecule has 8 heteroatoms. The second-order valence-electron chi connectivity index (χ2n) is 4.12. The number of nitrogens with zero attached hydrogens (tertiary/aromatic N) is 1. The van der Waals surface area contributed by atoms with Gasteiger partial charge >= 0.3 is 5.97 Å². The molecule has 1 aromatic heterocycles. The molecule has 0 fully saturated rings. The molecular weight excluding hydrogens is 272 g/mol. The SMILES string of the molecule is O=C(O)CS(=O)(=O)CCc1nc2ccc(O)cc2[nH]1. The lowest BCUT2D eigenvalue weighted by molar-refractivity contribution is -0.134. The maximum atomic E-state index is 11.4. The largest absolute Gasteiger partial charge is 0.508 e. The summed E-state index contributed by atoms with van der Waals surface area (Å²) in [6, 6.07) is 4.57. The minimum atomic E-state index is -3.63. The highest BCUT2D eigenvalue weighted by Crippen LogP contribution is 2.17. The van der Waals surface area contributed by atoms with Crippen LogP contribution in [0.1, 0.15) is 5.82 Å². The molecule has 1 aromatic carbocycles. The van der Waals surface area contributed by atoms with E-state index in [1.807, 2.05) is 0 Å². The topological polar surface area (TPSA) is 120 Å². The normalized spacial score (nSPS) is 11.8. The Morgan fingerprint density at radius 1 is 1.37 bits per heavy atom. The molecule has 2 aromatic rings. The Labute approximate surface area is 108 Å². The van der Waals surface area contributed by atoms with Gasteiger partial charge < -0.3 is 15.2 Å². The number of hydrogen-bond acceptors (Lipinski definition) is 5. The summed E-state index contributed by atoms with van der Waals surface area (Å²) in [4.78, 5) is 17.4. The van der Waals surface area contributed by atoms with E-state index in [0.29, 0.717) is 16.9 Å². The summed E-state index contributed by atoms with van der Waals surface area (Å²) < 4.78 is 22.8. The molecule has 0 bridgehead atoms. The van der Waals surface area contributed by atoms with Gasteiger partial charge in [0.15, 0.2) is 9.84 Å². The predicted molar refractivity (Wildman–Crippen MR) is 67.8 cm³/mol. The Morgan fingerprint density at radius 3 is 2.79 bits per heavy atom. The summed E-state index contributed by atoms with van der Waals surface area (Å²) >= 11 is 0. The smallest absolute Gasteiger partial charge is 0.318 e. The van der Waals surface area contributed by atoms with E-state index >= 15 is 0 Å². The molecule has 0 spiro atoms. The van der Waals surface area contributed by atoms with Crippen LogP contribution in [0.4, 0.5) is 0 Å². The van der Waals surface area contributed by atoms with Crippen LogP contribution in [0.3, 0.4) is 0 Å². The number of H-pyrrole nitrogens is 1. The van der Waals surface area contributed by atoms with Crippen LogP contribution in [-0.2, 0) is 21.1 Å². The van der Waals surface area contributed by atoms with Gasteiger partial charge in [-0.3, -0.25) is 4.79 Å². The molecule has 0 atom stereocenters. The quantitative estimate of drug-likeness (QED) is 0.726. The van der Waals surface area contributed by atoms with Crippen molar-refractivity contribution >= 4 is 26.8 Å². The number of sulfone groups is 1. The maximum absolute atomic E-state index is 11.4. The van der Waals surface area contributed by atoms with Crippen LogP contribution < -0.4 is 0 Å². The highest BCUT2D eigenvalue weighted by Gasteiger charge is 2.16. The molecule has 0 aliphatic carbocycles. The Balaban J connectivity index is 2.12. The molecule has 0 amide bonds. The summed E-state index contributed by atoms with van der Waals surface area (Å²) in [5, 5.41) is 17.7. The fourth-order valence-corrected chi connectivity index (χ4v) is 2.71. The molecule has 0 aliphatic heterocycles. The minimum absolute atomic E-state index is 0.0844. The number of carboxylic acid groups (broad SMARTS) is 1. The van der Waals surface area contributed by atoms with Gasteiger partial charge in [-0.25, -0.2) is 13.4 Å². The second-order valence-corrected chi connectivity index (χ2v) is 6.30. The fraction of sp³-hybridized carbons (Fsp3) is 0.273. The first-order chi connectivity index (χ1) is 8.85. The first-order valence-corrected chi connectivity index (χ1v) is 7.28. The third-order valence-corrected chi connectivity index (χ3v) is 4.02. The number of aryl methyl sites for hydroxylation is 1. The number of carbonyl (C=O) groups is 1. The van der Waals surface area contributed by atoms with Crippen LogP contribution in [0.5, 0.6) is 5.75 Å². The van der Waals surface area contributed by atoms with Crippen LogP contribution in [0.15, 0.2) is 18.2 Å². The van der Waals surface area contributed by atoms with Gasteiger partial charge in [-0.2, -0.15) is 0 Å². The third-order valence-electron chi connectivity index (χ3n) is 2.51. The first-order valence-electron chi connectivity index (χ1n) is 5.45. The Hall–Kier alpha value is -2.09. The predicted octanol–water partition coefficient (Wildman–Crippen LogP) is 0.310. The van der Waals surface area contributed by atoms with E-state index in [9.17, 15) is 18.3 Å². The number of nitrogens with one attached hydrogen (secondary N) is 1. The number of imidazole rings is 1. The van der Waals surface area contributed by atoms with Crippen molar-refractivity contribution in [1.82, 2.24) is 9.97 Å². The molecule has 19 heavy (non-hydrogen) atoms. The summed E-state index contributed by atoms with van der Waals surface area (Å²) in [5.74, 6) is -2.01. The molecule has 0 unspecified atom stereocenters. The van der Waals surface area contributed by atoms with E-state index in [2.05, 4.69) is 9.97 Å². The number of fused-ring (bicyclic) bond motifs is 1. The summed E-state index contributed by atoms with van der Waals surface area (Å²) in [7, 11) is -3.63. The molecule has 3 N–H and O–H groups in total. The molecule has 0 saturated carbocycles. The second kappa shape index (κ2) is 4.88. The number of aromatic amines is 1. The van der Waals surface area contributed by atoms with Crippen molar-refractivity contribution in [3.8, 4) is 5.75 Å². The van der Waals surface area contributed by atoms with Crippen molar-refractivity contribution < 1.29 is 23.4 Å². The van der Waals surface area contributed by atoms with E-state index in [1.54, 1.807) is 6.07 Å². The lowest BCUT2D eigenvalue weighted by atomic mass is 10.3. The zero-order valence-corrected chi connectivity index (χ0v) is 10.6. The minimum Gasteiger partial charge on any atom is -0.508 e. The Kier molecular flexibility index (Phi) is 3.43. The van der Waals surface area contributed by atoms with Gasteiger partial charge in [0.2, 0.25) is 0 Å². The molecular formula is C11H12N2O5S. The number of hydrogen-bond donors (Lipinski definition) is 3. The molecule has 2 rings (SSSR count). The van der Waals surface area contributed by atoms with Crippen molar-refractivity contribution in [3.63, 3.8) is 0 Å². The van der Waals surface area contributed by atoms with Crippen molar-refractivity contribution in [3.05, 3.63) is 24.0 Å². The summed E-state index contributed by atoms with van der Waals surface area (Å²) in [6.45, 7) is 0. The highest BCUT2D eigenvalue weighted by molar-refractivity contribution is 7.92. The Bertz CT molecular complexity index is 720. The third kappa shape index (κ3) is 3.44. The average molecular weight is 284 g/mol. The lowest BCUT2D eigenvalue weighted by Crippen LogP contribution is -2.19. The van der Waals surface area contributed by atoms with Crippen LogP contribution in [0.2, 0.25) is 0 Å². The van der Waals surface area contributed by atoms with Crippen LogP contribution in [0.25, 0.3) is 11.0 Å². The standard InChI is InChI=1S/C11H12N2O5S/c14-7-1-2-8-9(5-7)13-10(12-8)3-4-19(17,18)6-11(15)16/h1-2,5,14H,3-4,6H2,(H,12,13)(H,15,16). The van der Waals surface area contributed by atoms with Gasteiger partial charge in [0.25, 0.3) is 0 Å². The van der Waals surface area contributed by atoms with Crippen molar-refractivity contribution in [1.29, 1.82) is 0 Å². The van der Waals surface area contributed by atoms with E-state index in [0.717, 1.165) is 0 Å². The molecule has 102 valence electrons. The van der Waals surface area contributed by atoms with Crippen molar-refractivity contribution in [2.24, 2.45) is 0 Å². The molecule has 1 heterocycles. The van der Waals surface area contributed by atoms with Gasteiger partial charge in [-0.15, -0.1) is 0 Å². The van der Waals surface area contributed by atoms with Gasteiger partial charge in [0.1, 0.15) is 17.3 Å². The van der Waals surface area contributed by atoms with Crippen LogP contribution in [0, 0.1) is 0 Å². The number of benzene rings is 1. The van der Waals surface area contributed by atoms with E-state index in [1.165, 1.54) is 12.1 Å². The van der Waals surface area contributed by atoms with Gasteiger partial charge in [-0.05, 0) is 12.1 Å². The van der Waals surface area contributed by atoms with Gasteiger partial charge in [0.05, 0.1) is 16.8 Å². The number of phenolic OH excluding ortho intramolecular Hbond substituents is 1. The Morgan fingerprint density at radius 2 is 2.11 bits per heavy atom. The first kappa shape index (κ1) is 13.3. The lowest BCUT2D eigenvalue weighted by Gasteiger charge is -1.98. The van der Waals surface area contributed by atoms with E-state index in [4.69, 9.17) is 5.11 Å². The van der Waals surface area contributed by atoms with Crippen LogP contribution >= 0.6 is 0 Å². The molecule has 0 saturated heterocycles. The van der Waals surface area contributed by atoms with Gasteiger partial charge in [-0.1, -0.05) is 0 Å². The number of aromatic hydroxyl groups is 1. The number of aliphatic carboxylic acids is 1. The zero-order valence-electron chi connectivity index (χ0n) is 9.83. The summed E-state index contributed by atoms with van der Waals surface area (Å²) in [6.07, 6.45) is 0.102. The number of rotatable bonds is 5. The van der Waals surface area contributed by atoms with E-state index in [-0.39, 0.29) is 17.9 Å². The number of phenols is 1. The molecule has 7 nitrogen and oxygen atoms in total. The van der Waals surface area contributed by atoms with Gasteiger partial charge in [0, 0.05) is 12.5 Å². The highest BCUT2D eigenvalue weighted by atomic mass is 32.2. The zero-order chi connectivity index (χ0) is 14.0. The average Bonchev–Trinajstić information content (AvgIpc) is 2.66. The number of carboxylic acids is 1. The van der Waals surface area contributed by atoms with Crippen molar-refractivity contribution in [2.75, 3.05) is 11.5 Å². The molecule has 0 aliphatic rings. The van der Waals surface area contributed by atoms with Crippen LogP contribution in [-0.4, -0.2) is 46.1 Å². The molecule has 0 radical (unpaired) electrons. The monoisotopic (exact) mass is 284 g/mol. The van der Waals surface area contributed by atoms with E-state index < -0.39 is 21.6 Å². The number of aromatic nitrogens is 2. The maximum Gasteiger partial charge on any atom is 0.318 e. The fourth-order valence-electron chi connectivity index (χ4n) is 1.68. The summed E-state index contributed by atoms with van der Waals surface area (Å²) in [5.41, 5.74) is 1.22.